The van der Waals surface area contributed by atoms with E-state index in [0.717, 1.165) is 16.8 Å². The smallest absolute Gasteiger partial charge is 0.201 e. The standard InChI is InChI=1S/C16H14N4O/c1-21-13-6-2-4-11(8-13)10-20-14-7-3-5-12(9-17)15(14)19-16(20)18/h2-8H,10H2,1H3,(H2,18,19). The topological polar surface area (TPSA) is 76.9 Å². The van der Waals surface area contributed by atoms with Crippen LogP contribution in [-0.4, -0.2) is 16.7 Å². The quantitative estimate of drug-likeness (QED) is 0.798. The molecule has 2 aromatic carbocycles. The van der Waals surface area contributed by atoms with Gasteiger partial charge in [-0.3, -0.25) is 0 Å². The average molecular weight is 278 g/mol. The summed E-state index contributed by atoms with van der Waals surface area (Å²) in [6.07, 6.45) is 0. The third-order valence-corrected chi connectivity index (χ3v) is 3.40. The van der Waals surface area contributed by atoms with Crippen LogP contribution >= 0.6 is 0 Å². The molecule has 3 rings (SSSR count). The molecule has 0 aliphatic heterocycles. The summed E-state index contributed by atoms with van der Waals surface area (Å²) in [4.78, 5) is 4.31. The van der Waals surface area contributed by atoms with Crippen LogP contribution in [0.15, 0.2) is 42.5 Å². The molecule has 0 saturated heterocycles. The van der Waals surface area contributed by atoms with Gasteiger partial charge in [0, 0.05) is 0 Å². The molecule has 0 aliphatic carbocycles. The maximum atomic E-state index is 9.14. The molecule has 2 N–H and O–H groups in total. The number of hydrogen-bond donors (Lipinski definition) is 1. The van der Waals surface area contributed by atoms with Crippen LogP contribution in [0.5, 0.6) is 5.75 Å². The van der Waals surface area contributed by atoms with Gasteiger partial charge in [0.2, 0.25) is 5.95 Å². The van der Waals surface area contributed by atoms with Crippen LogP contribution < -0.4 is 10.5 Å². The molecule has 0 amide bonds. The summed E-state index contributed by atoms with van der Waals surface area (Å²) in [5.41, 5.74) is 9.09. The number of hydrogen-bond acceptors (Lipinski definition) is 4. The second-order valence-electron chi connectivity index (χ2n) is 4.69. The van der Waals surface area contributed by atoms with E-state index in [1.165, 1.54) is 0 Å². The summed E-state index contributed by atoms with van der Waals surface area (Å²) in [5, 5.41) is 9.14. The van der Waals surface area contributed by atoms with E-state index in [4.69, 9.17) is 15.7 Å². The molecule has 0 bridgehead atoms. The number of methoxy groups -OCH3 is 1. The zero-order valence-corrected chi connectivity index (χ0v) is 11.6. The fourth-order valence-corrected chi connectivity index (χ4v) is 2.37. The van der Waals surface area contributed by atoms with Crippen molar-refractivity contribution in [2.24, 2.45) is 0 Å². The minimum atomic E-state index is 0.399. The fraction of sp³-hybridized carbons (Fsp3) is 0.125. The lowest BCUT2D eigenvalue weighted by atomic mass is 10.2. The second-order valence-corrected chi connectivity index (χ2v) is 4.69. The molecule has 0 aliphatic rings. The van der Waals surface area contributed by atoms with Gasteiger partial charge >= 0.3 is 0 Å². The van der Waals surface area contributed by atoms with Crippen molar-refractivity contribution < 1.29 is 4.74 Å². The largest absolute Gasteiger partial charge is 0.497 e. The van der Waals surface area contributed by atoms with Crippen molar-refractivity contribution in [3.63, 3.8) is 0 Å². The summed E-state index contributed by atoms with van der Waals surface area (Å²) >= 11 is 0. The van der Waals surface area contributed by atoms with E-state index >= 15 is 0 Å². The Hall–Kier alpha value is -3.00. The Bertz CT molecular complexity index is 845. The van der Waals surface area contributed by atoms with Crippen molar-refractivity contribution in [2.45, 2.75) is 6.54 Å². The number of imidazole rings is 1. The fourth-order valence-electron chi connectivity index (χ4n) is 2.37. The zero-order valence-electron chi connectivity index (χ0n) is 11.6. The maximum absolute atomic E-state index is 9.14. The van der Waals surface area contributed by atoms with E-state index in [9.17, 15) is 0 Å². The molecule has 0 atom stereocenters. The van der Waals surface area contributed by atoms with Crippen molar-refractivity contribution in [3.8, 4) is 11.8 Å². The number of benzene rings is 2. The summed E-state index contributed by atoms with van der Waals surface area (Å²) in [6, 6.07) is 15.4. The predicted molar refractivity (Wildman–Crippen MR) is 81.0 cm³/mol. The summed E-state index contributed by atoms with van der Waals surface area (Å²) in [7, 11) is 1.64. The molecule has 0 spiro atoms. The Labute approximate surface area is 122 Å². The van der Waals surface area contributed by atoms with Gasteiger partial charge in [-0.05, 0) is 29.8 Å². The van der Waals surface area contributed by atoms with Crippen LogP contribution in [0.25, 0.3) is 11.0 Å². The van der Waals surface area contributed by atoms with Crippen molar-refractivity contribution >= 4 is 17.0 Å². The highest BCUT2D eigenvalue weighted by molar-refractivity contribution is 5.84. The van der Waals surface area contributed by atoms with E-state index in [2.05, 4.69) is 11.1 Å². The number of anilines is 1. The molecule has 1 aromatic heterocycles. The first kappa shape index (κ1) is 13.0. The Balaban J connectivity index is 2.08. The number of nitriles is 1. The molecule has 0 saturated carbocycles. The summed E-state index contributed by atoms with van der Waals surface area (Å²) in [5.74, 6) is 1.20. The molecule has 0 radical (unpaired) electrons. The van der Waals surface area contributed by atoms with Gasteiger partial charge in [0.1, 0.15) is 17.3 Å². The molecule has 0 fully saturated rings. The van der Waals surface area contributed by atoms with Gasteiger partial charge in [-0.2, -0.15) is 5.26 Å². The number of fused-ring (bicyclic) bond motifs is 1. The molecule has 3 aromatic rings. The highest BCUT2D eigenvalue weighted by atomic mass is 16.5. The molecule has 1 heterocycles. The van der Waals surface area contributed by atoms with Gasteiger partial charge in [-0.25, -0.2) is 4.98 Å². The van der Waals surface area contributed by atoms with Crippen LogP contribution in [0.2, 0.25) is 0 Å². The third-order valence-electron chi connectivity index (χ3n) is 3.40. The zero-order chi connectivity index (χ0) is 14.8. The molecule has 0 unspecified atom stereocenters. The van der Waals surface area contributed by atoms with Crippen LogP contribution in [0.1, 0.15) is 11.1 Å². The van der Waals surface area contributed by atoms with E-state index < -0.39 is 0 Å². The van der Waals surface area contributed by atoms with E-state index in [1.54, 1.807) is 13.2 Å². The SMILES string of the molecule is COc1cccc(Cn2c(N)nc3c(C#N)cccc32)c1. The minimum Gasteiger partial charge on any atom is -0.497 e. The van der Waals surface area contributed by atoms with Crippen molar-refractivity contribution in [3.05, 3.63) is 53.6 Å². The summed E-state index contributed by atoms with van der Waals surface area (Å²) < 4.78 is 7.12. The number of nitrogens with two attached hydrogens (primary N) is 1. The van der Waals surface area contributed by atoms with E-state index in [1.807, 2.05) is 41.0 Å². The van der Waals surface area contributed by atoms with E-state index in [0.29, 0.717) is 23.6 Å². The Kier molecular flexibility index (Phi) is 3.20. The highest BCUT2D eigenvalue weighted by Gasteiger charge is 2.11. The Morgan fingerprint density at radius 3 is 2.86 bits per heavy atom. The van der Waals surface area contributed by atoms with Gasteiger partial charge in [0.15, 0.2) is 0 Å². The first-order valence-corrected chi connectivity index (χ1v) is 6.50. The lowest BCUT2D eigenvalue weighted by Crippen LogP contribution is -2.04. The van der Waals surface area contributed by atoms with Gasteiger partial charge in [-0.1, -0.05) is 18.2 Å². The molecule has 5 nitrogen and oxygen atoms in total. The first-order chi connectivity index (χ1) is 10.2. The average Bonchev–Trinajstić information content (AvgIpc) is 2.83. The molecular formula is C16H14N4O. The van der Waals surface area contributed by atoms with Gasteiger partial charge < -0.3 is 15.0 Å². The van der Waals surface area contributed by atoms with E-state index in [-0.39, 0.29) is 0 Å². The molecular weight excluding hydrogens is 264 g/mol. The number of rotatable bonds is 3. The lowest BCUT2D eigenvalue weighted by Gasteiger charge is -2.08. The predicted octanol–water partition coefficient (Wildman–Crippen LogP) is 2.55. The monoisotopic (exact) mass is 278 g/mol. The van der Waals surface area contributed by atoms with Crippen molar-refractivity contribution in [1.82, 2.24) is 9.55 Å². The minimum absolute atomic E-state index is 0.399. The first-order valence-electron chi connectivity index (χ1n) is 6.50. The van der Waals surface area contributed by atoms with Gasteiger partial charge in [-0.15, -0.1) is 0 Å². The van der Waals surface area contributed by atoms with Crippen LogP contribution in [-0.2, 0) is 6.54 Å². The lowest BCUT2D eigenvalue weighted by molar-refractivity contribution is 0.414. The van der Waals surface area contributed by atoms with Gasteiger partial charge in [0.05, 0.1) is 24.7 Å². The number of aromatic nitrogens is 2. The Morgan fingerprint density at radius 1 is 1.29 bits per heavy atom. The van der Waals surface area contributed by atoms with Crippen LogP contribution in [0, 0.1) is 11.3 Å². The molecule has 21 heavy (non-hydrogen) atoms. The van der Waals surface area contributed by atoms with Crippen LogP contribution in [0.3, 0.4) is 0 Å². The molecule has 104 valence electrons. The molecule has 5 heteroatoms. The normalized spacial score (nSPS) is 10.5. The van der Waals surface area contributed by atoms with Crippen LogP contribution in [0.4, 0.5) is 5.95 Å². The third kappa shape index (κ3) is 2.28. The van der Waals surface area contributed by atoms with Crippen molar-refractivity contribution in [1.29, 1.82) is 5.26 Å². The number of ether oxygens (including phenoxy) is 1. The van der Waals surface area contributed by atoms with Crippen molar-refractivity contribution in [2.75, 3.05) is 12.8 Å². The number of nitrogen functional groups attached to an aromatic ring is 1. The number of para-hydroxylation sites is 1. The second kappa shape index (κ2) is 5.17. The summed E-state index contributed by atoms with van der Waals surface area (Å²) in [6.45, 7) is 0.578. The number of nitrogens with zero attached hydrogens (tertiary/aromatic N) is 3. The van der Waals surface area contributed by atoms with Gasteiger partial charge in [0.25, 0.3) is 0 Å². The maximum Gasteiger partial charge on any atom is 0.201 e. The highest BCUT2D eigenvalue weighted by Crippen LogP contribution is 2.23. The Morgan fingerprint density at radius 2 is 2.10 bits per heavy atom.